The average molecular weight is 289 g/mol. The van der Waals surface area contributed by atoms with Gasteiger partial charge in [-0.1, -0.05) is 25.1 Å². The van der Waals surface area contributed by atoms with E-state index in [-0.39, 0.29) is 17.0 Å². The molecule has 0 saturated carbocycles. The molecule has 1 aromatic rings. The summed E-state index contributed by atoms with van der Waals surface area (Å²) in [5.41, 5.74) is 0.644. The lowest BCUT2D eigenvalue weighted by Gasteiger charge is -2.19. The van der Waals surface area contributed by atoms with E-state index < -0.39 is 17.4 Å². The van der Waals surface area contributed by atoms with Crippen molar-refractivity contribution in [2.75, 3.05) is 12.3 Å². The van der Waals surface area contributed by atoms with E-state index >= 15 is 0 Å². The molecule has 106 valence electrons. The first-order chi connectivity index (χ1) is 9.08. The minimum absolute atomic E-state index is 0.126. The van der Waals surface area contributed by atoms with Gasteiger partial charge in [-0.05, 0) is 19.0 Å². The molecule has 3 unspecified atom stereocenters. The summed E-state index contributed by atoms with van der Waals surface area (Å²) < 4.78 is 41.3. The Morgan fingerprint density at radius 2 is 2.16 bits per heavy atom. The van der Waals surface area contributed by atoms with Gasteiger partial charge in [0, 0.05) is 33.4 Å². The Kier molecular flexibility index (Phi) is 4.87. The lowest BCUT2D eigenvalue weighted by molar-refractivity contribution is -0.0506. The van der Waals surface area contributed by atoms with E-state index in [1.165, 1.54) is 6.07 Å². The van der Waals surface area contributed by atoms with Crippen molar-refractivity contribution >= 4 is 10.8 Å². The van der Waals surface area contributed by atoms with Gasteiger partial charge in [0.05, 0.1) is 0 Å². The fourth-order valence-corrected chi connectivity index (χ4v) is 3.49. The molecule has 0 radical (unpaired) electrons. The highest BCUT2D eigenvalue weighted by Crippen LogP contribution is 2.28. The number of alkyl halides is 2. The van der Waals surface area contributed by atoms with Crippen molar-refractivity contribution in [3.8, 4) is 5.75 Å². The Morgan fingerprint density at radius 1 is 1.42 bits per heavy atom. The van der Waals surface area contributed by atoms with Crippen LogP contribution in [0.3, 0.4) is 0 Å². The molecular formula is C13H17F2NO2S. The predicted molar refractivity (Wildman–Crippen MR) is 70.9 cm³/mol. The first-order valence-corrected chi connectivity index (χ1v) is 7.60. The van der Waals surface area contributed by atoms with E-state index in [0.717, 1.165) is 13.0 Å². The normalized spacial score (nSPS) is 28.1. The summed E-state index contributed by atoms with van der Waals surface area (Å²) in [7, 11) is -0.959. The van der Waals surface area contributed by atoms with Gasteiger partial charge >= 0.3 is 6.61 Å². The molecule has 3 atom stereocenters. The van der Waals surface area contributed by atoms with Gasteiger partial charge in [-0.3, -0.25) is 4.21 Å². The topological polar surface area (TPSA) is 38.3 Å². The summed E-state index contributed by atoms with van der Waals surface area (Å²) in [6.07, 6.45) is 0.820. The monoisotopic (exact) mass is 289 g/mol. The highest BCUT2D eigenvalue weighted by atomic mass is 32.2. The third-order valence-corrected chi connectivity index (χ3v) is 5.03. The third-order valence-electron chi connectivity index (χ3n) is 3.23. The van der Waals surface area contributed by atoms with Crippen LogP contribution < -0.4 is 10.1 Å². The fraction of sp³-hybridized carbons (Fsp3) is 0.538. The number of nitrogens with one attached hydrogen (secondary N) is 1. The van der Waals surface area contributed by atoms with Gasteiger partial charge in [0.1, 0.15) is 5.75 Å². The molecule has 1 aliphatic heterocycles. The Hall–Kier alpha value is -1.01. The Bertz CT molecular complexity index is 456. The largest absolute Gasteiger partial charge is 0.434 e. The molecule has 0 bridgehead atoms. The highest BCUT2D eigenvalue weighted by Gasteiger charge is 2.25. The molecule has 19 heavy (non-hydrogen) atoms. The Labute approximate surface area is 113 Å². The summed E-state index contributed by atoms with van der Waals surface area (Å²) >= 11 is 0. The molecule has 1 N–H and O–H groups in total. The number of hydrogen-bond donors (Lipinski definition) is 1. The van der Waals surface area contributed by atoms with Crippen molar-refractivity contribution < 1.29 is 17.7 Å². The van der Waals surface area contributed by atoms with Gasteiger partial charge < -0.3 is 10.1 Å². The van der Waals surface area contributed by atoms with Crippen LogP contribution in [-0.4, -0.2) is 28.4 Å². The predicted octanol–water partition coefficient (Wildman–Crippen LogP) is 2.46. The Morgan fingerprint density at radius 3 is 2.89 bits per heavy atom. The smallest absolute Gasteiger partial charge is 0.387 e. The zero-order valence-corrected chi connectivity index (χ0v) is 11.5. The first-order valence-electron chi connectivity index (χ1n) is 6.22. The fourth-order valence-electron chi connectivity index (χ4n) is 2.15. The van der Waals surface area contributed by atoms with Crippen LogP contribution >= 0.6 is 0 Å². The molecule has 0 aliphatic carbocycles. The third kappa shape index (κ3) is 3.73. The van der Waals surface area contributed by atoms with Crippen molar-refractivity contribution in [3.63, 3.8) is 0 Å². The molecule has 0 amide bonds. The van der Waals surface area contributed by atoms with E-state index in [2.05, 4.69) is 10.1 Å². The van der Waals surface area contributed by atoms with Gasteiger partial charge in [-0.15, -0.1) is 0 Å². The average Bonchev–Trinajstić information content (AvgIpc) is 2.52. The van der Waals surface area contributed by atoms with Crippen molar-refractivity contribution in [2.24, 2.45) is 0 Å². The second kappa shape index (κ2) is 6.43. The summed E-state index contributed by atoms with van der Waals surface area (Å²) in [4.78, 5) is 0. The van der Waals surface area contributed by atoms with Crippen LogP contribution in [-0.2, 0) is 10.8 Å². The minimum Gasteiger partial charge on any atom is -0.434 e. The van der Waals surface area contributed by atoms with Gasteiger partial charge in [0.15, 0.2) is 0 Å². The van der Waals surface area contributed by atoms with Crippen LogP contribution in [0.4, 0.5) is 8.78 Å². The Balaban J connectivity index is 2.22. The van der Waals surface area contributed by atoms with Crippen molar-refractivity contribution in [2.45, 2.75) is 31.2 Å². The summed E-state index contributed by atoms with van der Waals surface area (Å²) in [6.45, 7) is -0.182. The molecule has 0 spiro atoms. The zero-order valence-electron chi connectivity index (χ0n) is 10.6. The molecule has 1 aromatic carbocycles. The number of halogens is 2. The number of para-hydroxylation sites is 1. The van der Waals surface area contributed by atoms with Gasteiger partial charge in [0.25, 0.3) is 0 Å². The van der Waals surface area contributed by atoms with Crippen LogP contribution in [0.1, 0.15) is 24.9 Å². The van der Waals surface area contributed by atoms with E-state index in [1.54, 1.807) is 18.2 Å². The van der Waals surface area contributed by atoms with E-state index in [1.807, 2.05) is 6.92 Å². The molecule has 1 saturated heterocycles. The number of hydrogen-bond acceptors (Lipinski definition) is 3. The second-order valence-electron chi connectivity index (χ2n) is 4.57. The molecule has 0 aromatic heterocycles. The minimum atomic E-state index is -2.85. The maximum atomic E-state index is 12.4. The lowest BCUT2D eigenvalue weighted by Crippen LogP contribution is -2.24. The standard InChI is InChI=1S/C13H17F2NO2S/c1-9-6-7-16-11(8-19(9)17)10-4-2-3-5-12(10)18-13(14)15/h2-5,9,11,13,16H,6-8H2,1H3. The quantitative estimate of drug-likeness (QED) is 0.929. The number of rotatable bonds is 3. The van der Waals surface area contributed by atoms with Gasteiger partial charge in [-0.25, -0.2) is 0 Å². The molecule has 6 heteroatoms. The van der Waals surface area contributed by atoms with E-state index in [0.29, 0.717) is 11.3 Å². The summed E-state index contributed by atoms with van der Waals surface area (Å²) in [5.74, 6) is 0.576. The van der Waals surface area contributed by atoms with Crippen LogP contribution in [0.15, 0.2) is 24.3 Å². The highest BCUT2D eigenvalue weighted by molar-refractivity contribution is 7.85. The summed E-state index contributed by atoms with van der Waals surface area (Å²) in [6, 6.07) is 6.47. The summed E-state index contributed by atoms with van der Waals surface area (Å²) in [5, 5.41) is 3.38. The lowest BCUT2D eigenvalue weighted by atomic mass is 10.1. The van der Waals surface area contributed by atoms with Crippen LogP contribution in [0, 0.1) is 0 Å². The number of benzene rings is 1. The van der Waals surface area contributed by atoms with Gasteiger partial charge in [-0.2, -0.15) is 8.78 Å². The van der Waals surface area contributed by atoms with E-state index in [9.17, 15) is 13.0 Å². The zero-order chi connectivity index (χ0) is 13.8. The molecule has 1 heterocycles. The van der Waals surface area contributed by atoms with Crippen LogP contribution in [0.5, 0.6) is 5.75 Å². The van der Waals surface area contributed by atoms with Crippen molar-refractivity contribution in [1.82, 2.24) is 5.32 Å². The van der Waals surface area contributed by atoms with Gasteiger partial charge in [0.2, 0.25) is 0 Å². The number of ether oxygens (including phenoxy) is 1. The maximum absolute atomic E-state index is 12.4. The van der Waals surface area contributed by atoms with Crippen molar-refractivity contribution in [1.29, 1.82) is 0 Å². The first kappa shape index (κ1) is 14.4. The van der Waals surface area contributed by atoms with Crippen LogP contribution in [0.25, 0.3) is 0 Å². The van der Waals surface area contributed by atoms with E-state index in [4.69, 9.17) is 0 Å². The molecule has 1 fully saturated rings. The van der Waals surface area contributed by atoms with Crippen LogP contribution in [0.2, 0.25) is 0 Å². The maximum Gasteiger partial charge on any atom is 0.387 e. The molecule has 1 aliphatic rings. The molecular weight excluding hydrogens is 272 g/mol. The second-order valence-corrected chi connectivity index (χ2v) is 6.47. The molecule has 2 rings (SSSR count). The SMILES string of the molecule is CC1CCNC(c2ccccc2OC(F)F)CS1=O. The molecule has 3 nitrogen and oxygen atoms in total. The van der Waals surface area contributed by atoms with Crippen molar-refractivity contribution in [3.05, 3.63) is 29.8 Å².